The van der Waals surface area contributed by atoms with E-state index in [0.29, 0.717) is 12.0 Å². The molecule has 1 rings (SSSR count). The van der Waals surface area contributed by atoms with E-state index in [2.05, 4.69) is 20.7 Å². The Morgan fingerprint density at radius 2 is 2.05 bits per heavy atom. The number of carbonyl (C=O) groups excluding carboxylic acids is 1. The van der Waals surface area contributed by atoms with Crippen molar-refractivity contribution in [3.8, 4) is 11.5 Å². The van der Waals surface area contributed by atoms with Gasteiger partial charge >= 0.3 is 6.11 Å². The van der Waals surface area contributed by atoms with E-state index in [-0.39, 0.29) is 22.1 Å². The van der Waals surface area contributed by atoms with Gasteiger partial charge in [0.15, 0.2) is 24.0 Å². The molecule has 0 saturated heterocycles. The van der Waals surface area contributed by atoms with Gasteiger partial charge in [0, 0.05) is 5.56 Å². The minimum absolute atomic E-state index is 0.0558. The van der Waals surface area contributed by atoms with Crippen LogP contribution in [0.1, 0.15) is 23.7 Å². The fourth-order valence-electron chi connectivity index (χ4n) is 1.46. The number of ether oxygens (including phenoxy) is 2. The highest BCUT2D eigenvalue weighted by Gasteiger charge is 2.33. The molecule has 0 amide bonds. The first kappa shape index (κ1) is 16.8. The number of rotatable bonds is 7. The molecule has 0 spiro atoms. The number of benzene rings is 1. The highest BCUT2D eigenvalue weighted by atomic mass is 79.9. The van der Waals surface area contributed by atoms with Crippen LogP contribution in [0.4, 0.5) is 13.2 Å². The number of alkyl halides is 4. The minimum Gasteiger partial charge on any atom is -0.493 e. The lowest BCUT2D eigenvalue weighted by molar-refractivity contribution is -0.187. The van der Waals surface area contributed by atoms with Crippen molar-refractivity contribution in [3.05, 3.63) is 23.8 Å². The van der Waals surface area contributed by atoms with Crippen LogP contribution in [0.15, 0.2) is 18.2 Å². The van der Waals surface area contributed by atoms with Crippen LogP contribution in [0.3, 0.4) is 0 Å². The van der Waals surface area contributed by atoms with Crippen LogP contribution in [-0.2, 0) is 0 Å². The molecule has 0 aliphatic rings. The Morgan fingerprint density at radius 1 is 1.40 bits per heavy atom. The van der Waals surface area contributed by atoms with E-state index in [4.69, 9.17) is 4.74 Å². The molecule has 1 aromatic rings. The fourth-order valence-corrected chi connectivity index (χ4v) is 1.72. The number of ketones is 1. The molecule has 0 heterocycles. The average molecular weight is 355 g/mol. The van der Waals surface area contributed by atoms with E-state index in [1.54, 1.807) is 0 Å². The lowest BCUT2D eigenvalue weighted by Gasteiger charge is -2.17. The maximum atomic E-state index is 12.9. The number of carbonyl (C=O) groups is 1. The molecule has 112 valence electrons. The van der Waals surface area contributed by atoms with Crippen LogP contribution in [0.5, 0.6) is 11.5 Å². The Balaban J connectivity index is 3.05. The van der Waals surface area contributed by atoms with Gasteiger partial charge in [-0.15, -0.1) is 0 Å². The van der Waals surface area contributed by atoms with Crippen LogP contribution in [0.2, 0.25) is 0 Å². The van der Waals surface area contributed by atoms with Crippen molar-refractivity contribution in [1.82, 2.24) is 0 Å². The second-order valence-electron chi connectivity index (χ2n) is 3.98. The van der Waals surface area contributed by atoms with Gasteiger partial charge in [-0.2, -0.15) is 8.78 Å². The van der Waals surface area contributed by atoms with Gasteiger partial charge in [-0.05, 0) is 24.6 Å². The zero-order valence-corrected chi connectivity index (χ0v) is 12.5. The molecule has 0 radical (unpaired) electrons. The summed E-state index contributed by atoms with van der Waals surface area (Å²) in [6, 6.07) is 3.78. The van der Waals surface area contributed by atoms with Crippen molar-refractivity contribution in [2.45, 2.75) is 24.3 Å². The molecule has 0 fully saturated rings. The summed E-state index contributed by atoms with van der Waals surface area (Å²) in [6.45, 7) is -0.121. The van der Waals surface area contributed by atoms with Crippen molar-refractivity contribution >= 4 is 21.7 Å². The first-order valence-electron chi connectivity index (χ1n) is 5.83. The molecule has 3 nitrogen and oxygen atoms in total. The summed E-state index contributed by atoms with van der Waals surface area (Å²) in [6.07, 6.45) is -3.35. The average Bonchev–Trinajstić information content (AvgIpc) is 2.45. The molecular weight excluding hydrogens is 341 g/mol. The van der Waals surface area contributed by atoms with Crippen LogP contribution in [-0.4, -0.2) is 30.5 Å². The summed E-state index contributed by atoms with van der Waals surface area (Å²) in [4.78, 5) is 11.6. The lowest BCUT2D eigenvalue weighted by Crippen LogP contribution is -2.27. The van der Waals surface area contributed by atoms with E-state index >= 15 is 0 Å². The molecule has 1 aromatic carbocycles. The molecule has 0 N–H and O–H groups in total. The first-order valence-corrected chi connectivity index (χ1v) is 6.75. The second-order valence-corrected chi connectivity index (χ2v) is 5.08. The summed E-state index contributed by atoms with van der Waals surface area (Å²) in [5.41, 5.74) is 0.293. The maximum absolute atomic E-state index is 12.9. The zero-order chi connectivity index (χ0) is 15.3. The molecule has 1 unspecified atom stereocenters. The monoisotopic (exact) mass is 354 g/mol. The Hall–Kier alpha value is -1.24. The van der Waals surface area contributed by atoms with Crippen molar-refractivity contribution in [2.75, 3.05) is 13.8 Å². The van der Waals surface area contributed by atoms with Crippen LogP contribution < -0.4 is 9.47 Å². The number of methoxy groups -OCH3 is 1. The second kappa shape index (κ2) is 6.97. The van der Waals surface area contributed by atoms with Crippen LogP contribution >= 0.6 is 15.9 Å². The van der Waals surface area contributed by atoms with E-state index in [1.807, 2.05) is 6.92 Å². The summed E-state index contributed by atoms with van der Waals surface area (Å²) in [5.74, 6) is -0.580. The predicted molar refractivity (Wildman–Crippen MR) is 71.9 cm³/mol. The van der Waals surface area contributed by atoms with Crippen molar-refractivity contribution < 1.29 is 27.4 Å². The molecule has 0 aromatic heterocycles. The largest absolute Gasteiger partial charge is 0.493 e. The Bertz CT molecular complexity index is 480. The van der Waals surface area contributed by atoms with Gasteiger partial charge in [0.2, 0.25) is 0 Å². The number of hydrogen-bond donors (Lipinski definition) is 0. The van der Waals surface area contributed by atoms with E-state index in [0.717, 1.165) is 6.07 Å². The molecule has 0 aliphatic carbocycles. The van der Waals surface area contributed by atoms with Gasteiger partial charge in [-0.1, -0.05) is 22.9 Å². The number of Topliss-reactive ketones (excluding diaryl/α,β-unsaturated/α-hetero) is 1. The van der Waals surface area contributed by atoms with Gasteiger partial charge in [-0.3, -0.25) is 4.79 Å². The fraction of sp³-hybridized carbons (Fsp3) is 0.462. The molecule has 0 saturated carbocycles. The van der Waals surface area contributed by atoms with Crippen molar-refractivity contribution in [2.24, 2.45) is 0 Å². The molecule has 0 bridgehead atoms. The third-order valence-corrected chi connectivity index (χ3v) is 3.57. The highest BCUT2D eigenvalue weighted by molar-refractivity contribution is 9.10. The normalized spacial score (nSPS) is 12.9. The summed E-state index contributed by atoms with van der Waals surface area (Å²) in [5, 5.41) is 0. The van der Waals surface area contributed by atoms with E-state index < -0.39 is 12.8 Å². The van der Waals surface area contributed by atoms with Gasteiger partial charge in [-0.25, -0.2) is 4.39 Å². The van der Waals surface area contributed by atoms with E-state index in [9.17, 15) is 18.0 Å². The Morgan fingerprint density at radius 3 is 2.55 bits per heavy atom. The third kappa shape index (κ3) is 4.13. The van der Waals surface area contributed by atoms with E-state index in [1.165, 1.54) is 19.2 Å². The van der Waals surface area contributed by atoms with Crippen LogP contribution in [0, 0.1) is 0 Å². The molecule has 7 heteroatoms. The first-order chi connectivity index (χ1) is 9.34. The van der Waals surface area contributed by atoms with Crippen LogP contribution in [0.25, 0.3) is 0 Å². The molecule has 20 heavy (non-hydrogen) atoms. The minimum atomic E-state index is -3.93. The quantitative estimate of drug-likeness (QED) is 0.548. The van der Waals surface area contributed by atoms with Gasteiger partial charge in [0.1, 0.15) is 0 Å². The third-order valence-electron chi connectivity index (χ3n) is 2.51. The predicted octanol–water partition coefficient (Wildman–Crippen LogP) is 3.99. The Kier molecular flexibility index (Phi) is 5.86. The number of halogens is 4. The molecular formula is C13H14BrF3O3. The highest BCUT2D eigenvalue weighted by Crippen LogP contribution is 2.33. The topological polar surface area (TPSA) is 35.5 Å². The Labute approximate surface area is 123 Å². The van der Waals surface area contributed by atoms with Crippen molar-refractivity contribution in [3.63, 3.8) is 0 Å². The van der Waals surface area contributed by atoms with Gasteiger partial charge < -0.3 is 9.47 Å². The van der Waals surface area contributed by atoms with Gasteiger partial charge in [0.25, 0.3) is 0 Å². The summed E-state index contributed by atoms with van der Waals surface area (Å²) in [7, 11) is 1.25. The molecule has 1 atom stereocenters. The summed E-state index contributed by atoms with van der Waals surface area (Å²) >= 11 is 3.21. The smallest absolute Gasteiger partial charge is 0.427 e. The van der Waals surface area contributed by atoms with Gasteiger partial charge in [0.05, 0.1) is 11.9 Å². The lowest BCUT2D eigenvalue weighted by atomic mass is 10.1. The standard InChI is InChI=1S/C13H14BrF3O3/c1-3-9(14)12(18)8-4-5-10(11(6-8)19-2)20-13(16,17)7-15/h4-6,9H,3,7H2,1-2H3. The maximum Gasteiger partial charge on any atom is 0.427 e. The molecule has 0 aliphatic heterocycles. The SMILES string of the molecule is CCC(Br)C(=O)c1ccc(OC(F)(F)CF)c(OC)c1. The zero-order valence-electron chi connectivity index (χ0n) is 11.0. The number of hydrogen-bond acceptors (Lipinski definition) is 3. The summed E-state index contributed by atoms with van der Waals surface area (Å²) < 4.78 is 46.9. The van der Waals surface area contributed by atoms with Crippen molar-refractivity contribution in [1.29, 1.82) is 0 Å².